The van der Waals surface area contributed by atoms with Crippen molar-refractivity contribution < 1.29 is 8.42 Å². The minimum absolute atomic E-state index is 0.283. The molecule has 0 saturated carbocycles. The van der Waals surface area contributed by atoms with Crippen molar-refractivity contribution in [2.75, 3.05) is 25.1 Å². The summed E-state index contributed by atoms with van der Waals surface area (Å²) in [6.45, 7) is 1.42. The zero-order valence-corrected chi connectivity index (χ0v) is 14.8. The van der Waals surface area contributed by atoms with E-state index < -0.39 is 16.3 Å². The maximum atomic E-state index is 11.3. The van der Waals surface area contributed by atoms with Crippen LogP contribution in [0, 0.1) is 0 Å². The minimum Gasteiger partial charge on any atom is -0.398 e. The van der Waals surface area contributed by atoms with Gasteiger partial charge in [0.15, 0.2) is 0 Å². The van der Waals surface area contributed by atoms with Crippen LogP contribution in [0.3, 0.4) is 0 Å². The van der Waals surface area contributed by atoms with Crippen LogP contribution >= 0.6 is 0 Å². The summed E-state index contributed by atoms with van der Waals surface area (Å²) in [5.74, 6) is 0.283. The summed E-state index contributed by atoms with van der Waals surface area (Å²) in [7, 11) is -3.23. The summed E-state index contributed by atoms with van der Waals surface area (Å²) >= 11 is 0. The highest BCUT2D eigenvalue weighted by Gasteiger charge is 2.23. The molecule has 1 aliphatic carbocycles. The summed E-state index contributed by atoms with van der Waals surface area (Å²) in [6.07, 6.45) is 7.76. The highest BCUT2D eigenvalue weighted by molar-refractivity contribution is 7.88. The predicted octanol–water partition coefficient (Wildman–Crippen LogP) is 1.34. The molecule has 2 aliphatic rings. The SMILES string of the molecule is CS(=O)(=O)NC1NCC(c2ccc(N)c(C3=CCCCC3)c2)CN1. The number of allylic oxidation sites excluding steroid dienone is 2. The second kappa shape index (κ2) is 7.23. The van der Waals surface area contributed by atoms with Gasteiger partial charge in [0.1, 0.15) is 6.29 Å². The summed E-state index contributed by atoms with van der Waals surface area (Å²) < 4.78 is 25.1. The van der Waals surface area contributed by atoms with Gasteiger partial charge in [-0.3, -0.25) is 10.6 Å². The molecule has 0 bridgehead atoms. The van der Waals surface area contributed by atoms with Gasteiger partial charge >= 0.3 is 0 Å². The molecule has 0 aromatic heterocycles. The third kappa shape index (κ3) is 4.36. The average molecular weight is 350 g/mol. The van der Waals surface area contributed by atoms with E-state index in [-0.39, 0.29) is 5.92 Å². The molecular weight excluding hydrogens is 324 g/mol. The van der Waals surface area contributed by atoms with Crippen molar-refractivity contribution >= 4 is 21.3 Å². The molecule has 0 atom stereocenters. The maximum Gasteiger partial charge on any atom is 0.211 e. The molecule has 5 N–H and O–H groups in total. The lowest BCUT2D eigenvalue weighted by atomic mass is 9.89. The molecule has 1 aromatic carbocycles. The molecule has 0 spiro atoms. The lowest BCUT2D eigenvalue weighted by molar-refractivity contribution is 0.326. The van der Waals surface area contributed by atoms with Crippen molar-refractivity contribution in [3.05, 3.63) is 35.4 Å². The van der Waals surface area contributed by atoms with Crippen LogP contribution in [0.1, 0.15) is 42.7 Å². The predicted molar refractivity (Wildman–Crippen MR) is 97.8 cm³/mol. The van der Waals surface area contributed by atoms with E-state index in [0.717, 1.165) is 30.3 Å². The van der Waals surface area contributed by atoms with E-state index in [2.05, 4.69) is 33.6 Å². The van der Waals surface area contributed by atoms with Crippen LogP contribution in [0.15, 0.2) is 24.3 Å². The first-order chi connectivity index (χ1) is 11.4. The molecule has 132 valence electrons. The second-order valence-corrected chi connectivity index (χ2v) is 8.44. The van der Waals surface area contributed by atoms with Gasteiger partial charge in [-0.05, 0) is 49.0 Å². The number of hydrogen-bond acceptors (Lipinski definition) is 5. The van der Waals surface area contributed by atoms with Gasteiger partial charge in [0.2, 0.25) is 10.0 Å². The van der Waals surface area contributed by atoms with Gasteiger partial charge in [0.25, 0.3) is 0 Å². The van der Waals surface area contributed by atoms with Gasteiger partial charge in [0.05, 0.1) is 6.26 Å². The maximum absolute atomic E-state index is 11.3. The van der Waals surface area contributed by atoms with E-state index in [1.807, 2.05) is 6.07 Å². The minimum atomic E-state index is -3.23. The molecule has 1 aliphatic heterocycles. The average Bonchev–Trinajstić information content (AvgIpc) is 2.55. The van der Waals surface area contributed by atoms with E-state index in [4.69, 9.17) is 5.73 Å². The van der Waals surface area contributed by atoms with Crippen molar-refractivity contribution in [1.82, 2.24) is 15.4 Å². The highest BCUT2D eigenvalue weighted by atomic mass is 32.2. The standard InChI is InChI=1S/C17H26N4O2S/c1-24(22,23)21-17-19-10-14(11-20-17)13-7-8-16(18)15(9-13)12-5-3-2-4-6-12/h5,7-9,14,17,19-21H,2-4,6,10-11,18H2,1H3. The Morgan fingerprint density at radius 3 is 2.58 bits per heavy atom. The molecule has 0 unspecified atom stereocenters. The van der Waals surface area contributed by atoms with Crippen LogP contribution in [0.5, 0.6) is 0 Å². The number of hydrogen-bond donors (Lipinski definition) is 4. The number of rotatable bonds is 4. The Kier molecular flexibility index (Phi) is 5.24. The normalized spacial score (nSPS) is 25.3. The summed E-state index contributed by atoms with van der Waals surface area (Å²) in [4.78, 5) is 0. The van der Waals surface area contributed by atoms with E-state index in [0.29, 0.717) is 13.1 Å². The number of anilines is 1. The second-order valence-electron chi connectivity index (χ2n) is 6.66. The smallest absolute Gasteiger partial charge is 0.211 e. The molecular formula is C17H26N4O2S. The van der Waals surface area contributed by atoms with Crippen molar-refractivity contribution in [3.8, 4) is 0 Å². The first kappa shape index (κ1) is 17.4. The molecule has 0 radical (unpaired) electrons. The molecule has 1 saturated heterocycles. The van der Waals surface area contributed by atoms with Crippen LogP contribution < -0.4 is 21.1 Å². The molecule has 3 rings (SSSR count). The fourth-order valence-electron chi connectivity index (χ4n) is 3.39. The first-order valence-corrected chi connectivity index (χ1v) is 10.3. The van der Waals surface area contributed by atoms with Crippen molar-refractivity contribution in [3.63, 3.8) is 0 Å². The molecule has 0 amide bonds. The topological polar surface area (TPSA) is 96.2 Å². The lowest BCUT2D eigenvalue weighted by Crippen LogP contribution is -2.60. The fourth-order valence-corrected chi connectivity index (χ4v) is 3.98. The number of sulfonamides is 1. The van der Waals surface area contributed by atoms with Gasteiger partial charge in [-0.15, -0.1) is 0 Å². The van der Waals surface area contributed by atoms with E-state index in [1.165, 1.54) is 24.0 Å². The van der Waals surface area contributed by atoms with Crippen LogP contribution in [-0.2, 0) is 10.0 Å². The van der Waals surface area contributed by atoms with E-state index in [1.54, 1.807) is 0 Å². The molecule has 7 heteroatoms. The Hall–Kier alpha value is -1.41. The summed E-state index contributed by atoms with van der Waals surface area (Å²) in [5.41, 5.74) is 10.8. The Morgan fingerprint density at radius 1 is 1.21 bits per heavy atom. The van der Waals surface area contributed by atoms with E-state index in [9.17, 15) is 8.42 Å². The number of nitrogens with two attached hydrogens (primary N) is 1. The van der Waals surface area contributed by atoms with Gasteiger partial charge in [-0.25, -0.2) is 8.42 Å². The van der Waals surface area contributed by atoms with Gasteiger partial charge in [-0.1, -0.05) is 12.1 Å². The third-order valence-electron chi connectivity index (χ3n) is 4.65. The molecule has 24 heavy (non-hydrogen) atoms. The van der Waals surface area contributed by atoms with Crippen molar-refractivity contribution in [2.45, 2.75) is 37.9 Å². The van der Waals surface area contributed by atoms with Crippen molar-refractivity contribution in [2.24, 2.45) is 0 Å². The van der Waals surface area contributed by atoms with Gasteiger partial charge < -0.3 is 5.73 Å². The number of benzene rings is 1. The summed E-state index contributed by atoms with van der Waals surface area (Å²) in [6, 6.07) is 6.26. The largest absolute Gasteiger partial charge is 0.398 e. The fraction of sp³-hybridized carbons (Fsp3) is 0.529. The zero-order valence-electron chi connectivity index (χ0n) is 14.0. The van der Waals surface area contributed by atoms with Crippen molar-refractivity contribution in [1.29, 1.82) is 0 Å². The molecule has 1 fully saturated rings. The van der Waals surface area contributed by atoms with Gasteiger partial charge in [0, 0.05) is 30.3 Å². The quantitative estimate of drug-likeness (QED) is 0.615. The first-order valence-electron chi connectivity index (χ1n) is 8.45. The third-order valence-corrected chi connectivity index (χ3v) is 5.32. The Balaban J connectivity index is 1.71. The number of nitrogens with one attached hydrogen (secondary N) is 3. The zero-order chi connectivity index (χ0) is 17.2. The van der Waals surface area contributed by atoms with Crippen LogP contribution in [0.2, 0.25) is 0 Å². The van der Waals surface area contributed by atoms with E-state index >= 15 is 0 Å². The molecule has 6 nitrogen and oxygen atoms in total. The van der Waals surface area contributed by atoms with Gasteiger partial charge in [-0.2, -0.15) is 4.72 Å². The molecule has 1 heterocycles. The lowest BCUT2D eigenvalue weighted by Gasteiger charge is -2.31. The Morgan fingerprint density at radius 2 is 1.96 bits per heavy atom. The highest BCUT2D eigenvalue weighted by Crippen LogP contribution is 2.32. The summed E-state index contributed by atoms with van der Waals surface area (Å²) in [5, 5.41) is 6.38. The number of nitrogen functional groups attached to an aromatic ring is 1. The molecule has 1 aromatic rings. The van der Waals surface area contributed by atoms with Crippen LogP contribution in [0.25, 0.3) is 5.57 Å². The Bertz CT molecular complexity index is 722. The Labute approximate surface area is 143 Å². The van der Waals surface area contributed by atoms with Crippen LogP contribution in [0.4, 0.5) is 5.69 Å². The van der Waals surface area contributed by atoms with Crippen LogP contribution in [-0.4, -0.2) is 34.1 Å². The monoisotopic (exact) mass is 350 g/mol.